The van der Waals surface area contributed by atoms with Crippen molar-refractivity contribution in [2.75, 3.05) is 18.4 Å². The number of aromatic hydroxyl groups is 1. The highest BCUT2D eigenvalue weighted by atomic mass is 16.3. The molecule has 0 aliphatic heterocycles. The van der Waals surface area contributed by atoms with Gasteiger partial charge in [-0.15, -0.1) is 0 Å². The number of phenols is 1. The number of pyridine rings is 1. The number of carbonyl (C=O) groups is 1. The predicted molar refractivity (Wildman–Crippen MR) is 101 cm³/mol. The van der Waals surface area contributed by atoms with Crippen LogP contribution in [0.4, 0.5) is 5.82 Å². The lowest BCUT2D eigenvalue weighted by molar-refractivity contribution is 0.0953. The van der Waals surface area contributed by atoms with Gasteiger partial charge >= 0.3 is 0 Å². The van der Waals surface area contributed by atoms with Crippen molar-refractivity contribution in [2.45, 2.75) is 13.0 Å². The Kier molecular flexibility index (Phi) is 5.66. The van der Waals surface area contributed by atoms with Crippen LogP contribution < -0.4 is 10.6 Å². The van der Waals surface area contributed by atoms with Crippen molar-refractivity contribution < 1.29 is 15.0 Å². The van der Waals surface area contributed by atoms with Gasteiger partial charge in [0.2, 0.25) is 0 Å². The van der Waals surface area contributed by atoms with E-state index in [-0.39, 0.29) is 18.3 Å². The first-order valence-corrected chi connectivity index (χ1v) is 8.48. The van der Waals surface area contributed by atoms with E-state index in [0.29, 0.717) is 30.9 Å². The molecule has 26 heavy (non-hydrogen) atoms. The summed E-state index contributed by atoms with van der Waals surface area (Å²) in [6.45, 7) is 1.01. The van der Waals surface area contributed by atoms with E-state index in [0.717, 1.165) is 16.5 Å². The van der Waals surface area contributed by atoms with Crippen molar-refractivity contribution >= 4 is 22.6 Å². The second-order valence-electron chi connectivity index (χ2n) is 5.93. The second-order valence-corrected chi connectivity index (χ2v) is 5.93. The lowest BCUT2D eigenvalue weighted by Gasteiger charge is -2.11. The Labute approximate surface area is 151 Å². The van der Waals surface area contributed by atoms with Crippen molar-refractivity contribution in [3.05, 3.63) is 65.7 Å². The van der Waals surface area contributed by atoms with Gasteiger partial charge in [-0.3, -0.25) is 4.79 Å². The zero-order valence-electron chi connectivity index (χ0n) is 14.3. The summed E-state index contributed by atoms with van der Waals surface area (Å²) in [6, 6.07) is 15.9. The van der Waals surface area contributed by atoms with Crippen LogP contribution in [0.25, 0.3) is 10.9 Å². The molecule has 1 heterocycles. The van der Waals surface area contributed by atoms with Crippen molar-refractivity contribution in [1.29, 1.82) is 0 Å². The van der Waals surface area contributed by atoms with Crippen LogP contribution in [0, 0.1) is 0 Å². The molecule has 134 valence electrons. The molecule has 0 saturated heterocycles. The number of aliphatic hydroxyl groups excluding tert-OH is 1. The first-order valence-electron chi connectivity index (χ1n) is 8.48. The predicted octanol–water partition coefficient (Wildman–Crippen LogP) is 2.66. The van der Waals surface area contributed by atoms with Crippen LogP contribution in [-0.4, -0.2) is 34.2 Å². The number of nitrogens with one attached hydrogen (secondary N) is 2. The zero-order valence-corrected chi connectivity index (χ0v) is 14.3. The number of hydrogen-bond donors (Lipinski definition) is 4. The fourth-order valence-electron chi connectivity index (χ4n) is 2.68. The Bertz CT molecular complexity index is 912. The summed E-state index contributed by atoms with van der Waals surface area (Å²) in [4.78, 5) is 16.5. The minimum atomic E-state index is -0.222. The molecule has 1 aromatic heterocycles. The van der Waals surface area contributed by atoms with Gasteiger partial charge < -0.3 is 20.8 Å². The standard InChI is InChI=1S/C20H21N3O3/c24-13-16-11-14-5-1-2-8-18(14)23-19(16)21-9-4-10-22-20(26)15-6-3-7-17(25)12-15/h1-3,5-8,11-12,24-25H,4,9-10,13H2,(H,21,23)(H,22,26). The van der Waals surface area contributed by atoms with E-state index in [1.807, 2.05) is 30.3 Å². The van der Waals surface area contributed by atoms with E-state index in [9.17, 15) is 15.0 Å². The van der Waals surface area contributed by atoms with Crippen molar-refractivity contribution in [3.8, 4) is 5.75 Å². The van der Waals surface area contributed by atoms with Crippen LogP contribution >= 0.6 is 0 Å². The molecule has 6 nitrogen and oxygen atoms in total. The van der Waals surface area contributed by atoms with Crippen LogP contribution in [0.1, 0.15) is 22.3 Å². The van der Waals surface area contributed by atoms with E-state index in [1.54, 1.807) is 12.1 Å². The number of aliphatic hydroxyl groups is 1. The molecular weight excluding hydrogens is 330 g/mol. The molecule has 0 fully saturated rings. The van der Waals surface area contributed by atoms with Crippen LogP contribution in [0.15, 0.2) is 54.6 Å². The van der Waals surface area contributed by atoms with E-state index in [1.165, 1.54) is 12.1 Å². The van der Waals surface area contributed by atoms with Crippen LogP contribution in [-0.2, 0) is 6.61 Å². The number of rotatable bonds is 7. The number of carbonyl (C=O) groups excluding carboxylic acids is 1. The monoisotopic (exact) mass is 351 g/mol. The van der Waals surface area contributed by atoms with E-state index in [2.05, 4.69) is 15.6 Å². The number of para-hydroxylation sites is 1. The quantitative estimate of drug-likeness (QED) is 0.491. The Morgan fingerprint density at radius 1 is 1.04 bits per heavy atom. The highest BCUT2D eigenvalue weighted by molar-refractivity contribution is 5.94. The van der Waals surface area contributed by atoms with Gasteiger partial charge in [0.15, 0.2) is 0 Å². The molecule has 1 amide bonds. The molecular formula is C20H21N3O3. The van der Waals surface area contributed by atoms with E-state index >= 15 is 0 Å². The average Bonchev–Trinajstić information content (AvgIpc) is 2.66. The Morgan fingerprint density at radius 3 is 2.69 bits per heavy atom. The summed E-state index contributed by atoms with van der Waals surface area (Å²) in [7, 11) is 0. The molecule has 0 unspecified atom stereocenters. The Balaban J connectivity index is 1.52. The summed E-state index contributed by atoms with van der Waals surface area (Å²) in [5, 5.41) is 26.0. The Hall–Kier alpha value is -3.12. The van der Waals surface area contributed by atoms with Gasteiger partial charge in [0.1, 0.15) is 11.6 Å². The number of hydrogen-bond acceptors (Lipinski definition) is 5. The normalized spacial score (nSPS) is 10.7. The van der Waals surface area contributed by atoms with Gasteiger partial charge in [0.05, 0.1) is 12.1 Å². The minimum absolute atomic E-state index is 0.0678. The van der Waals surface area contributed by atoms with Crippen LogP contribution in [0.5, 0.6) is 5.75 Å². The summed E-state index contributed by atoms with van der Waals surface area (Å²) < 4.78 is 0. The molecule has 4 N–H and O–H groups in total. The maximum atomic E-state index is 12.0. The summed E-state index contributed by atoms with van der Waals surface area (Å²) in [5.74, 6) is 0.504. The number of aromatic nitrogens is 1. The molecule has 6 heteroatoms. The third kappa shape index (κ3) is 4.29. The smallest absolute Gasteiger partial charge is 0.251 e. The topological polar surface area (TPSA) is 94.5 Å². The van der Waals surface area contributed by atoms with Crippen LogP contribution in [0.2, 0.25) is 0 Å². The third-order valence-electron chi connectivity index (χ3n) is 4.01. The maximum absolute atomic E-state index is 12.0. The zero-order chi connectivity index (χ0) is 18.4. The highest BCUT2D eigenvalue weighted by Crippen LogP contribution is 2.20. The molecule has 0 atom stereocenters. The molecule has 0 aliphatic carbocycles. The van der Waals surface area contributed by atoms with Crippen molar-refractivity contribution in [3.63, 3.8) is 0 Å². The summed E-state index contributed by atoms with van der Waals surface area (Å²) >= 11 is 0. The summed E-state index contributed by atoms with van der Waals surface area (Å²) in [6.07, 6.45) is 0.698. The van der Waals surface area contributed by atoms with Gasteiger partial charge in [0, 0.05) is 29.6 Å². The first-order chi connectivity index (χ1) is 12.7. The molecule has 0 saturated carbocycles. The first kappa shape index (κ1) is 17.7. The molecule has 3 rings (SSSR count). The molecule has 0 bridgehead atoms. The van der Waals surface area contributed by atoms with Gasteiger partial charge in [-0.1, -0.05) is 24.3 Å². The van der Waals surface area contributed by atoms with E-state index in [4.69, 9.17) is 0 Å². The fourth-order valence-corrected chi connectivity index (χ4v) is 2.68. The van der Waals surface area contributed by atoms with Gasteiger partial charge in [0.25, 0.3) is 5.91 Å². The maximum Gasteiger partial charge on any atom is 0.251 e. The lowest BCUT2D eigenvalue weighted by atomic mass is 10.1. The van der Waals surface area contributed by atoms with Gasteiger partial charge in [-0.05, 0) is 36.8 Å². The number of fused-ring (bicyclic) bond motifs is 1. The third-order valence-corrected chi connectivity index (χ3v) is 4.01. The van der Waals surface area contributed by atoms with Gasteiger partial charge in [-0.25, -0.2) is 4.98 Å². The van der Waals surface area contributed by atoms with Gasteiger partial charge in [-0.2, -0.15) is 0 Å². The van der Waals surface area contributed by atoms with Crippen LogP contribution in [0.3, 0.4) is 0 Å². The fraction of sp³-hybridized carbons (Fsp3) is 0.200. The number of nitrogens with zero attached hydrogens (tertiary/aromatic N) is 1. The largest absolute Gasteiger partial charge is 0.508 e. The second kappa shape index (κ2) is 8.31. The number of amides is 1. The van der Waals surface area contributed by atoms with E-state index < -0.39 is 0 Å². The molecule has 0 aliphatic rings. The molecule has 0 radical (unpaired) electrons. The average molecular weight is 351 g/mol. The number of benzene rings is 2. The summed E-state index contributed by atoms with van der Waals surface area (Å²) in [5.41, 5.74) is 2.04. The molecule has 3 aromatic rings. The SMILES string of the molecule is O=C(NCCCNc1nc2ccccc2cc1CO)c1cccc(O)c1. The molecule has 0 spiro atoms. The minimum Gasteiger partial charge on any atom is -0.508 e. The van der Waals surface area contributed by atoms with Crippen molar-refractivity contribution in [1.82, 2.24) is 10.3 Å². The number of anilines is 1. The lowest BCUT2D eigenvalue weighted by Crippen LogP contribution is -2.25. The highest BCUT2D eigenvalue weighted by Gasteiger charge is 2.07. The number of phenolic OH excluding ortho intramolecular Hbond substituents is 1. The Morgan fingerprint density at radius 2 is 1.88 bits per heavy atom. The molecule has 2 aromatic carbocycles. The van der Waals surface area contributed by atoms with Crippen molar-refractivity contribution in [2.24, 2.45) is 0 Å².